The molecular weight excluding hydrogens is 412 g/mol. The van der Waals surface area contributed by atoms with E-state index < -0.39 is 11.2 Å². The monoisotopic (exact) mass is 432 g/mol. The number of ketones is 1. The van der Waals surface area contributed by atoms with E-state index in [0.29, 0.717) is 17.1 Å². The van der Waals surface area contributed by atoms with Gasteiger partial charge in [-0.15, -0.1) is 11.8 Å². The molecule has 30 heavy (non-hydrogen) atoms. The van der Waals surface area contributed by atoms with Crippen molar-refractivity contribution in [3.63, 3.8) is 0 Å². The third kappa shape index (κ3) is 4.28. The number of nitrogens with two attached hydrogens (primary N) is 1. The van der Waals surface area contributed by atoms with Gasteiger partial charge in [-0.1, -0.05) is 0 Å². The molecule has 0 spiro atoms. The molecule has 0 atom stereocenters. The topological polar surface area (TPSA) is 154 Å². The molecule has 3 rings (SSSR count). The van der Waals surface area contributed by atoms with E-state index in [0.717, 1.165) is 0 Å². The van der Waals surface area contributed by atoms with E-state index >= 15 is 0 Å². The van der Waals surface area contributed by atoms with E-state index in [-0.39, 0.29) is 40.9 Å². The smallest absolute Gasteiger partial charge is 0.329 e. The predicted octanol–water partition coefficient (Wildman–Crippen LogP) is -0.462. The van der Waals surface area contributed by atoms with Crippen molar-refractivity contribution in [2.24, 2.45) is 12.9 Å². The second-order valence-corrected chi connectivity index (χ2v) is 7.30. The number of fused-ring (bicyclic) bond motifs is 1. The van der Waals surface area contributed by atoms with Crippen LogP contribution in [0, 0.1) is 0 Å². The molecule has 0 radical (unpaired) electrons. The van der Waals surface area contributed by atoms with Crippen LogP contribution in [0.2, 0.25) is 0 Å². The number of amides is 1. The Kier molecular flexibility index (Phi) is 6.37. The Bertz CT molecular complexity index is 1210. The van der Waals surface area contributed by atoms with Crippen LogP contribution in [-0.2, 0) is 24.1 Å². The summed E-state index contributed by atoms with van der Waals surface area (Å²) < 4.78 is 7.76. The van der Waals surface area contributed by atoms with E-state index in [1.807, 2.05) is 5.43 Å². The molecule has 0 fully saturated rings. The Labute approximate surface area is 174 Å². The molecule has 12 heteroatoms. The van der Waals surface area contributed by atoms with Crippen LogP contribution in [0.5, 0.6) is 5.75 Å². The molecular formula is C18H20N6O5S. The first-order valence-corrected chi connectivity index (χ1v) is 9.94. The molecule has 0 aliphatic carbocycles. The molecule has 0 saturated carbocycles. The van der Waals surface area contributed by atoms with Gasteiger partial charge in [0.25, 0.3) is 5.56 Å². The van der Waals surface area contributed by atoms with Crippen molar-refractivity contribution >= 4 is 34.6 Å². The van der Waals surface area contributed by atoms with Crippen LogP contribution in [0.15, 0.2) is 33.9 Å². The number of carbonyl (C=O) groups is 2. The summed E-state index contributed by atoms with van der Waals surface area (Å²) in [6, 6.07) is 6.58. The van der Waals surface area contributed by atoms with Crippen molar-refractivity contribution in [1.29, 1.82) is 0 Å². The Morgan fingerprint density at radius 1 is 1.27 bits per heavy atom. The average molecular weight is 432 g/mol. The van der Waals surface area contributed by atoms with Crippen molar-refractivity contribution in [2.75, 3.05) is 12.9 Å². The van der Waals surface area contributed by atoms with Crippen molar-refractivity contribution < 1.29 is 14.3 Å². The number of rotatable bonds is 8. The summed E-state index contributed by atoms with van der Waals surface area (Å²) in [4.78, 5) is 55.2. The number of H-pyrrole nitrogens is 1. The fourth-order valence-electron chi connectivity index (χ4n) is 2.85. The maximum atomic E-state index is 12.8. The highest BCUT2D eigenvalue weighted by Crippen LogP contribution is 2.18. The van der Waals surface area contributed by atoms with Crippen molar-refractivity contribution in [2.45, 2.75) is 12.3 Å². The number of methoxy groups -OCH3 is 1. The first-order valence-electron chi connectivity index (χ1n) is 8.78. The Morgan fingerprint density at radius 2 is 1.97 bits per heavy atom. The zero-order chi connectivity index (χ0) is 21.8. The van der Waals surface area contributed by atoms with Gasteiger partial charge in [-0.25, -0.2) is 15.6 Å². The molecule has 1 aromatic carbocycles. The van der Waals surface area contributed by atoms with Crippen molar-refractivity contribution in [3.05, 3.63) is 56.5 Å². The minimum Gasteiger partial charge on any atom is -0.497 e. The van der Waals surface area contributed by atoms with Crippen LogP contribution < -0.4 is 27.3 Å². The molecule has 11 nitrogen and oxygen atoms in total. The molecule has 2 aromatic heterocycles. The van der Waals surface area contributed by atoms with Gasteiger partial charge in [0, 0.05) is 12.6 Å². The van der Waals surface area contributed by atoms with Crippen LogP contribution in [0.4, 0.5) is 0 Å². The van der Waals surface area contributed by atoms with Gasteiger partial charge in [-0.2, -0.15) is 0 Å². The van der Waals surface area contributed by atoms with Gasteiger partial charge in [-0.3, -0.25) is 29.4 Å². The summed E-state index contributed by atoms with van der Waals surface area (Å²) in [5.41, 5.74) is 1.48. The lowest BCUT2D eigenvalue weighted by molar-refractivity contribution is -0.118. The molecule has 0 bridgehead atoms. The minimum absolute atomic E-state index is 0.0709. The summed E-state index contributed by atoms with van der Waals surface area (Å²) in [5, 5.41) is 0. The number of hydrogen-bond acceptors (Lipinski definition) is 8. The first kappa shape index (κ1) is 21.3. The van der Waals surface area contributed by atoms with Gasteiger partial charge in [-0.05, 0) is 24.3 Å². The molecule has 3 aromatic rings. The zero-order valence-electron chi connectivity index (χ0n) is 16.3. The number of thioether (sulfide) groups is 1. The summed E-state index contributed by atoms with van der Waals surface area (Å²) in [5.74, 6) is 5.75. The van der Waals surface area contributed by atoms with E-state index in [2.05, 4.69) is 9.97 Å². The van der Waals surface area contributed by atoms with Gasteiger partial charge < -0.3 is 9.30 Å². The van der Waals surface area contributed by atoms with Crippen LogP contribution >= 0.6 is 11.8 Å². The van der Waals surface area contributed by atoms with Gasteiger partial charge in [0.15, 0.2) is 16.9 Å². The number of ether oxygens (including phenoxy) is 1. The van der Waals surface area contributed by atoms with E-state index in [4.69, 9.17) is 10.6 Å². The minimum atomic E-state index is -0.640. The summed E-state index contributed by atoms with van der Waals surface area (Å²) in [6.07, 6.45) is 0. The predicted molar refractivity (Wildman–Crippen MR) is 111 cm³/mol. The standard InChI is InChI=1S/C18H20N6O5S/c1-23-16-15(17(27)21-18(23)28)24(13(20-16)8-30-9-14(26)22-19)7-12(25)10-3-5-11(29-2)6-4-10/h3-6H,7-9,19H2,1-2H3,(H,22,26)(H,21,27,28). The molecule has 2 heterocycles. The number of Topliss-reactive ketones (excluding diaryl/α,β-unsaturated/α-hetero) is 1. The van der Waals surface area contributed by atoms with E-state index in [9.17, 15) is 19.2 Å². The second-order valence-electron chi connectivity index (χ2n) is 6.32. The highest BCUT2D eigenvalue weighted by molar-refractivity contribution is 7.99. The number of nitrogens with zero attached hydrogens (tertiary/aromatic N) is 3. The van der Waals surface area contributed by atoms with E-state index in [1.54, 1.807) is 24.3 Å². The molecule has 158 valence electrons. The molecule has 0 unspecified atom stereocenters. The fraction of sp³-hybridized carbons (Fsp3) is 0.278. The lowest BCUT2D eigenvalue weighted by Gasteiger charge is -2.09. The number of aromatic nitrogens is 4. The highest BCUT2D eigenvalue weighted by Gasteiger charge is 2.20. The number of benzene rings is 1. The largest absolute Gasteiger partial charge is 0.497 e. The van der Waals surface area contributed by atoms with Crippen LogP contribution in [-0.4, -0.2) is 43.7 Å². The van der Waals surface area contributed by atoms with Crippen LogP contribution in [0.25, 0.3) is 11.2 Å². The van der Waals surface area contributed by atoms with Gasteiger partial charge >= 0.3 is 5.69 Å². The average Bonchev–Trinajstić information content (AvgIpc) is 3.10. The third-order valence-electron chi connectivity index (χ3n) is 4.43. The third-order valence-corrected chi connectivity index (χ3v) is 5.35. The maximum absolute atomic E-state index is 12.8. The summed E-state index contributed by atoms with van der Waals surface area (Å²) in [7, 11) is 3.00. The molecule has 0 aliphatic rings. The first-order chi connectivity index (χ1) is 14.3. The Balaban J connectivity index is 2.01. The summed E-state index contributed by atoms with van der Waals surface area (Å²) >= 11 is 1.21. The fourth-order valence-corrected chi connectivity index (χ4v) is 3.62. The maximum Gasteiger partial charge on any atom is 0.329 e. The molecule has 1 amide bonds. The van der Waals surface area contributed by atoms with Crippen LogP contribution in [0.3, 0.4) is 0 Å². The molecule has 0 saturated heterocycles. The lowest BCUT2D eigenvalue weighted by atomic mass is 10.1. The number of aromatic amines is 1. The number of imidazole rings is 1. The SMILES string of the molecule is COc1ccc(C(=O)Cn2c(CSCC(=O)NN)nc3c2c(=O)[nH]c(=O)n3C)cc1. The number of aryl methyl sites for hydroxylation is 1. The van der Waals surface area contributed by atoms with Crippen LogP contribution in [0.1, 0.15) is 16.2 Å². The Morgan fingerprint density at radius 3 is 2.60 bits per heavy atom. The van der Waals surface area contributed by atoms with Crippen molar-refractivity contribution in [1.82, 2.24) is 24.5 Å². The number of nitrogens with one attached hydrogen (secondary N) is 2. The highest BCUT2D eigenvalue weighted by atomic mass is 32.2. The quantitative estimate of drug-likeness (QED) is 0.187. The van der Waals surface area contributed by atoms with Gasteiger partial charge in [0.05, 0.1) is 25.2 Å². The molecule has 4 N–H and O–H groups in total. The van der Waals surface area contributed by atoms with E-state index in [1.165, 1.54) is 35.1 Å². The molecule has 0 aliphatic heterocycles. The number of carbonyl (C=O) groups excluding carboxylic acids is 2. The van der Waals surface area contributed by atoms with Gasteiger partial charge in [0.1, 0.15) is 11.6 Å². The Hall–Kier alpha value is -3.38. The normalized spacial score (nSPS) is 10.9. The number of hydrazine groups is 1. The van der Waals surface area contributed by atoms with Gasteiger partial charge in [0.2, 0.25) is 5.91 Å². The number of hydrogen-bond donors (Lipinski definition) is 3. The second kappa shape index (κ2) is 8.97. The zero-order valence-corrected chi connectivity index (χ0v) is 17.1. The summed E-state index contributed by atoms with van der Waals surface area (Å²) in [6.45, 7) is -0.164. The van der Waals surface area contributed by atoms with Crippen molar-refractivity contribution in [3.8, 4) is 5.75 Å². The lowest BCUT2D eigenvalue weighted by Crippen LogP contribution is -2.31.